The summed E-state index contributed by atoms with van der Waals surface area (Å²) in [6.45, 7) is 5.65. The van der Waals surface area contributed by atoms with E-state index in [1.54, 1.807) is 0 Å². The van der Waals surface area contributed by atoms with E-state index in [0.29, 0.717) is 6.04 Å². The highest BCUT2D eigenvalue weighted by Crippen LogP contribution is 2.34. The number of nitrogens with one attached hydrogen (secondary N) is 2. The van der Waals surface area contributed by atoms with Crippen molar-refractivity contribution in [1.29, 1.82) is 0 Å². The van der Waals surface area contributed by atoms with Crippen LogP contribution in [0.2, 0.25) is 0 Å². The van der Waals surface area contributed by atoms with Crippen LogP contribution in [0.25, 0.3) is 0 Å². The highest BCUT2D eigenvalue weighted by molar-refractivity contribution is 7.80. The summed E-state index contributed by atoms with van der Waals surface area (Å²) in [6, 6.07) is 10.4. The van der Waals surface area contributed by atoms with Crippen molar-refractivity contribution in [2.45, 2.75) is 70.5 Å². The molecule has 0 aliphatic carbocycles. The van der Waals surface area contributed by atoms with Gasteiger partial charge in [-0.05, 0) is 75.5 Å². The van der Waals surface area contributed by atoms with Crippen LogP contribution in [0.5, 0.6) is 0 Å². The lowest BCUT2D eigenvalue weighted by Gasteiger charge is -2.49. The van der Waals surface area contributed by atoms with Gasteiger partial charge in [0.1, 0.15) is 0 Å². The molecule has 3 rings (SSSR count). The van der Waals surface area contributed by atoms with E-state index in [-0.39, 0.29) is 0 Å². The maximum absolute atomic E-state index is 5.54. The number of hydrogen-bond acceptors (Lipinski definition) is 2. The van der Waals surface area contributed by atoms with E-state index >= 15 is 0 Å². The first kappa shape index (κ1) is 16.7. The quantitative estimate of drug-likeness (QED) is 0.813. The van der Waals surface area contributed by atoms with Crippen molar-refractivity contribution in [1.82, 2.24) is 10.2 Å². The lowest BCUT2D eigenvalue weighted by atomic mass is 9.81. The van der Waals surface area contributed by atoms with Crippen molar-refractivity contribution in [2.24, 2.45) is 0 Å². The van der Waals surface area contributed by atoms with Gasteiger partial charge in [-0.25, -0.2) is 0 Å². The Balaban J connectivity index is 1.55. The van der Waals surface area contributed by atoms with Gasteiger partial charge in [-0.15, -0.1) is 0 Å². The molecule has 0 spiro atoms. The molecule has 0 amide bonds. The number of hydrogen-bond donors (Lipinski definition) is 2. The number of nitrogens with zero attached hydrogens (tertiary/aromatic N) is 1. The monoisotopic (exact) mass is 331 g/mol. The topological polar surface area (TPSA) is 27.3 Å². The Kier molecular flexibility index (Phi) is 5.54. The zero-order valence-electron chi connectivity index (χ0n) is 14.3. The van der Waals surface area contributed by atoms with Gasteiger partial charge >= 0.3 is 0 Å². The van der Waals surface area contributed by atoms with Gasteiger partial charge in [0, 0.05) is 23.8 Å². The van der Waals surface area contributed by atoms with Gasteiger partial charge in [0.05, 0.1) is 0 Å². The SMILES string of the molecule is CCCN1[C@H]2CCC[C@H]1CC(NC(=S)Nc1cccc(C)c1)C2. The number of benzene rings is 1. The van der Waals surface area contributed by atoms with Gasteiger partial charge in [-0.2, -0.15) is 0 Å². The zero-order chi connectivity index (χ0) is 16.2. The molecule has 0 aromatic heterocycles. The van der Waals surface area contributed by atoms with Crippen LogP contribution in [0.1, 0.15) is 51.0 Å². The molecule has 2 fully saturated rings. The number of anilines is 1. The molecule has 3 nitrogen and oxygen atoms in total. The Labute approximate surface area is 145 Å². The first-order valence-electron chi connectivity index (χ1n) is 9.05. The van der Waals surface area contributed by atoms with Crippen molar-refractivity contribution >= 4 is 23.0 Å². The molecule has 23 heavy (non-hydrogen) atoms. The van der Waals surface area contributed by atoms with E-state index in [0.717, 1.165) is 22.9 Å². The Hall–Kier alpha value is -1.13. The smallest absolute Gasteiger partial charge is 0.170 e. The minimum Gasteiger partial charge on any atom is -0.360 e. The van der Waals surface area contributed by atoms with Gasteiger partial charge in [-0.3, -0.25) is 4.90 Å². The molecule has 2 aliphatic heterocycles. The Morgan fingerprint density at radius 2 is 2.00 bits per heavy atom. The van der Waals surface area contributed by atoms with Crippen LogP contribution in [0.4, 0.5) is 5.69 Å². The molecule has 0 unspecified atom stereocenters. The number of rotatable bonds is 4. The fourth-order valence-electron chi connectivity index (χ4n) is 4.30. The van der Waals surface area contributed by atoms with E-state index < -0.39 is 0 Å². The van der Waals surface area contributed by atoms with Gasteiger partial charge < -0.3 is 10.6 Å². The maximum Gasteiger partial charge on any atom is 0.170 e. The molecule has 126 valence electrons. The zero-order valence-corrected chi connectivity index (χ0v) is 15.2. The predicted octanol–water partition coefficient (Wildman–Crippen LogP) is 4.08. The minimum absolute atomic E-state index is 0.517. The van der Waals surface area contributed by atoms with Crippen LogP contribution in [-0.2, 0) is 0 Å². The molecule has 4 heteroatoms. The maximum atomic E-state index is 5.54. The average molecular weight is 332 g/mol. The summed E-state index contributed by atoms with van der Waals surface area (Å²) >= 11 is 5.54. The molecule has 2 atom stereocenters. The van der Waals surface area contributed by atoms with Gasteiger partial charge in [0.25, 0.3) is 0 Å². The summed E-state index contributed by atoms with van der Waals surface area (Å²) < 4.78 is 0. The van der Waals surface area contributed by atoms with Crippen LogP contribution < -0.4 is 10.6 Å². The second-order valence-corrected chi connectivity index (χ2v) is 7.52. The Morgan fingerprint density at radius 1 is 1.26 bits per heavy atom. The summed E-state index contributed by atoms with van der Waals surface area (Å²) in [5.74, 6) is 0. The van der Waals surface area contributed by atoms with Crippen LogP contribution >= 0.6 is 12.2 Å². The Bertz CT molecular complexity index is 531. The normalized spacial score (nSPS) is 27.5. The molecule has 2 heterocycles. The van der Waals surface area contributed by atoms with Crippen molar-refractivity contribution in [3.63, 3.8) is 0 Å². The molecule has 2 bridgehead atoms. The van der Waals surface area contributed by atoms with Crippen molar-refractivity contribution in [3.05, 3.63) is 29.8 Å². The second-order valence-electron chi connectivity index (χ2n) is 7.11. The van der Waals surface area contributed by atoms with E-state index in [4.69, 9.17) is 12.2 Å². The molecule has 2 saturated heterocycles. The van der Waals surface area contributed by atoms with Crippen LogP contribution in [0, 0.1) is 6.92 Å². The first-order valence-corrected chi connectivity index (χ1v) is 9.46. The van der Waals surface area contributed by atoms with Gasteiger partial charge in [0.15, 0.2) is 5.11 Å². The molecule has 1 aromatic carbocycles. The summed E-state index contributed by atoms with van der Waals surface area (Å²) in [5.41, 5.74) is 2.33. The van der Waals surface area contributed by atoms with E-state index in [2.05, 4.69) is 53.6 Å². The third kappa shape index (κ3) is 4.24. The summed E-state index contributed by atoms with van der Waals surface area (Å²) in [4.78, 5) is 2.76. The van der Waals surface area contributed by atoms with Crippen molar-refractivity contribution < 1.29 is 0 Å². The number of aryl methyl sites for hydroxylation is 1. The standard InChI is InChI=1S/C19H29N3S/c1-3-10-22-17-8-5-9-18(22)13-16(12-17)21-19(23)20-15-7-4-6-14(2)11-15/h4,6-7,11,16-18H,3,5,8-10,12-13H2,1-2H3,(H2,20,21,23)/t17-,18-/m0/s1. The van der Waals surface area contributed by atoms with Crippen LogP contribution in [0.15, 0.2) is 24.3 Å². The molecule has 1 aromatic rings. The third-order valence-electron chi connectivity index (χ3n) is 5.22. The molecular formula is C19H29N3S. The highest BCUT2D eigenvalue weighted by Gasteiger charge is 2.37. The fourth-order valence-corrected chi connectivity index (χ4v) is 4.58. The molecular weight excluding hydrogens is 302 g/mol. The molecule has 0 saturated carbocycles. The molecule has 0 radical (unpaired) electrons. The lowest BCUT2D eigenvalue weighted by molar-refractivity contribution is 0.0284. The van der Waals surface area contributed by atoms with Crippen LogP contribution in [0.3, 0.4) is 0 Å². The Morgan fingerprint density at radius 3 is 2.65 bits per heavy atom. The third-order valence-corrected chi connectivity index (χ3v) is 5.44. The van der Waals surface area contributed by atoms with Gasteiger partial charge in [0.2, 0.25) is 0 Å². The van der Waals surface area contributed by atoms with E-state index in [1.165, 1.54) is 50.6 Å². The first-order chi connectivity index (χ1) is 11.2. The fraction of sp³-hybridized carbons (Fsp3) is 0.632. The molecule has 2 aliphatic rings. The second kappa shape index (κ2) is 7.63. The average Bonchev–Trinajstić information content (AvgIpc) is 2.48. The highest BCUT2D eigenvalue weighted by atomic mass is 32.1. The van der Waals surface area contributed by atoms with Gasteiger partial charge in [-0.1, -0.05) is 25.5 Å². The van der Waals surface area contributed by atoms with E-state index in [1.807, 2.05) is 0 Å². The number of piperidine rings is 2. The minimum atomic E-state index is 0.517. The summed E-state index contributed by atoms with van der Waals surface area (Å²) in [6.07, 6.45) is 7.82. The number of thiocarbonyl (C=S) groups is 1. The molecule has 2 N–H and O–H groups in total. The predicted molar refractivity (Wildman–Crippen MR) is 102 cm³/mol. The van der Waals surface area contributed by atoms with Crippen LogP contribution in [-0.4, -0.2) is 34.7 Å². The number of fused-ring (bicyclic) bond motifs is 2. The van der Waals surface area contributed by atoms with E-state index in [9.17, 15) is 0 Å². The van der Waals surface area contributed by atoms with Crippen molar-refractivity contribution in [3.8, 4) is 0 Å². The van der Waals surface area contributed by atoms with Crippen molar-refractivity contribution in [2.75, 3.05) is 11.9 Å². The summed E-state index contributed by atoms with van der Waals surface area (Å²) in [7, 11) is 0. The largest absolute Gasteiger partial charge is 0.360 e. The summed E-state index contributed by atoms with van der Waals surface area (Å²) in [5, 5.41) is 7.68. The lowest BCUT2D eigenvalue weighted by Crippen LogP contribution is -2.57.